The number of hydrogen-bond acceptors (Lipinski definition) is 3. The van der Waals surface area contributed by atoms with Crippen molar-refractivity contribution < 1.29 is 14.6 Å². The average Bonchev–Trinajstić information content (AvgIpc) is 2.84. The zero-order valence-corrected chi connectivity index (χ0v) is 13.3. The molecule has 0 spiro atoms. The van der Waals surface area contributed by atoms with Gasteiger partial charge < -0.3 is 9.84 Å². The fraction of sp³-hybridized carbons (Fsp3) is 0.632. The van der Waals surface area contributed by atoms with Gasteiger partial charge in [0.1, 0.15) is 11.5 Å². The number of hydrogen-bond donors (Lipinski definition) is 1. The standard InChI is InChI=1S/C19H24O3/c1-19-16(7-8-17(19)20)14-5-3-11-9-12(22-2)4-6-13(11)15(14)10-18(19)21/h4,6,9,14-16,18,21H,3,5,7-8,10H2,1-2H3. The van der Waals surface area contributed by atoms with Crippen molar-refractivity contribution in [2.75, 3.05) is 7.11 Å². The van der Waals surface area contributed by atoms with Crippen LogP contribution >= 0.6 is 0 Å². The zero-order valence-electron chi connectivity index (χ0n) is 13.3. The van der Waals surface area contributed by atoms with Gasteiger partial charge in [-0.05, 0) is 73.6 Å². The van der Waals surface area contributed by atoms with Gasteiger partial charge in [0.05, 0.1) is 18.6 Å². The van der Waals surface area contributed by atoms with Crippen LogP contribution in [0.2, 0.25) is 0 Å². The second-order valence-electron chi connectivity index (χ2n) is 7.48. The third kappa shape index (κ3) is 1.75. The van der Waals surface area contributed by atoms with Crippen molar-refractivity contribution in [3.05, 3.63) is 29.3 Å². The van der Waals surface area contributed by atoms with Crippen molar-refractivity contribution in [1.82, 2.24) is 0 Å². The Balaban J connectivity index is 1.74. The van der Waals surface area contributed by atoms with Crippen LogP contribution in [0.1, 0.15) is 49.7 Å². The fourth-order valence-electron chi connectivity index (χ4n) is 5.46. The fourth-order valence-corrected chi connectivity index (χ4v) is 5.46. The molecule has 1 aromatic carbocycles. The second-order valence-corrected chi connectivity index (χ2v) is 7.48. The smallest absolute Gasteiger partial charge is 0.141 e. The van der Waals surface area contributed by atoms with Gasteiger partial charge in [0, 0.05) is 6.42 Å². The first kappa shape index (κ1) is 14.3. The number of benzene rings is 1. The molecule has 3 nitrogen and oxygen atoms in total. The maximum absolute atomic E-state index is 12.4. The predicted molar refractivity (Wildman–Crippen MR) is 84.0 cm³/mol. The molecule has 0 saturated heterocycles. The van der Waals surface area contributed by atoms with Gasteiger partial charge >= 0.3 is 0 Å². The van der Waals surface area contributed by atoms with Crippen molar-refractivity contribution in [3.8, 4) is 5.75 Å². The number of methoxy groups -OCH3 is 1. The Morgan fingerprint density at radius 3 is 2.86 bits per heavy atom. The molecule has 0 radical (unpaired) electrons. The van der Waals surface area contributed by atoms with Crippen LogP contribution in [0.4, 0.5) is 0 Å². The normalized spacial score (nSPS) is 39.9. The number of carbonyl (C=O) groups is 1. The van der Waals surface area contributed by atoms with E-state index in [2.05, 4.69) is 12.1 Å². The minimum Gasteiger partial charge on any atom is -0.497 e. The van der Waals surface area contributed by atoms with Crippen LogP contribution < -0.4 is 4.74 Å². The van der Waals surface area contributed by atoms with E-state index in [0.29, 0.717) is 24.2 Å². The maximum atomic E-state index is 12.4. The number of aliphatic hydroxyl groups is 1. The quantitative estimate of drug-likeness (QED) is 0.867. The Morgan fingerprint density at radius 1 is 1.27 bits per heavy atom. The molecule has 1 aromatic rings. The molecule has 5 atom stereocenters. The first-order valence-corrected chi connectivity index (χ1v) is 8.44. The number of fused-ring (bicyclic) bond motifs is 5. The molecule has 1 N–H and O–H groups in total. The summed E-state index contributed by atoms with van der Waals surface area (Å²) in [5.74, 6) is 2.48. The minimum absolute atomic E-state index is 0.281. The Morgan fingerprint density at radius 2 is 2.09 bits per heavy atom. The number of ether oxygens (including phenoxy) is 1. The Labute approximate surface area is 131 Å². The van der Waals surface area contributed by atoms with Crippen molar-refractivity contribution in [2.45, 2.75) is 51.0 Å². The van der Waals surface area contributed by atoms with Crippen molar-refractivity contribution >= 4 is 5.78 Å². The zero-order chi connectivity index (χ0) is 15.5. The SMILES string of the molecule is COc1ccc2c(c1)CCC1C2CC(O)C2(C)C(=O)CCC12. The van der Waals surface area contributed by atoms with E-state index in [1.807, 2.05) is 13.0 Å². The maximum Gasteiger partial charge on any atom is 0.141 e. The topological polar surface area (TPSA) is 46.5 Å². The van der Waals surface area contributed by atoms with Gasteiger partial charge in [-0.2, -0.15) is 0 Å². The summed E-state index contributed by atoms with van der Waals surface area (Å²) in [6.45, 7) is 2.01. The number of Topliss-reactive ketones (excluding diaryl/α,β-unsaturated/α-hetero) is 1. The summed E-state index contributed by atoms with van der Waals surface area (Å²) in [6, 6.07) is 6.35. The molecule has 0 bridgehead atoms. The molecule has 2 saturated carbocycles. The average molecular weight is 300 g/mol. The highest BCUT2D eigenvalue weighted by atomic mass is 16.5. The first-order chi connectivity index (χ1) is 10.6. The van der Waals surface area contributed by atoms with Gasteiger partial charge in [-0.25, -0.2) is 0 Å². The van der Waals surface area contributed by atoms with Crippen LogP contribution in [0.15, 0.2) is 18.2 Å². The van der Waals surface area contributed by atoms with Crippen LogP contribution in [-0.2, 0) is 11.2 Å². The van der Waals surface area contributed by atoms with E-state index in [4.69, 9.17) is 4.74 Å². The van der Waals surface area contributed by atoms with E-state index in [1.54, 1.807) is 7.11 Å². The van der Waals surface area contributed by atoms with Crippen LogP contribution in [0.5, 0.6) is 5.75 Å². The second kappa shape index (κ2) is 4.82. The number of aliphatic hydroxyl groups excluding tert-OH is 1. The number of ketones is 1. The summed E-state index contributed by atoms with van der Waals surface area (Å²) in [7, 11) is 1.70. The monoisotopic (exact) mass is 300 g/mol. The third-order valence-corrected chi connectivity index (χ3v) is 6.75. The van der Waals surface area contributed by atoms with Gasteiger partial charge in [-0.15, -0.1) is 0 Å². The van der Waals surface area contributed by atoms with Crippen molar-refractivity contribution in [2.24, 2.45) is 17.3 Å². The van der Waals surface area contributed by atoms with Crippen molar-refractivity contribution in [1.29, 1.82) is 0 Å². The summed E-state index contributed by atoms with van der Waals surface area (Å²) < 4.78 is 5.34. The van der Waals surface area contributed by atoms with E-state index in [0.717, 1.165) is 31.4 Å². The molecule has 5 unspecified atom stereocenters. The summed E-state index contributed by atoms with van der Waals surface area (Å²) in [5.41, 5.74) is 2.24. The van der Waals surface area contributed by atoms with Gasteiger partial charge in [0.25, 0.3) is 0 Å². The third-order valence-electron chi connectivity index (χ3n) is 6.75. The van der Waals surface area contributed by atoms with E-state index in [9.17, 15) is 9.90 Å². The molecule has 3 heteroatoms. The highest BCUT2D eigenvalue weighted by Crippen LogP contribution is 2.59. The molecule has 22 heavy (non-hydrogen) atoms. The van der Waals surface area contributed by atoms with E-state index < -0.39 is 11.5 Å². The molecule has 0 amide bonds. The van der Waals surface area contributed by atoms with Gasteiger partial charge in [0.2, 0.25) is 0 Å². The molecule has 0 heterocycles. The number of carbonyl (C=O) groups excluding carboxylic acids is 1. The van der Waals surface area contributed by atoms with Gasteiger partial charge in [-0.1, -0.05) is 6.07 Å². The van der Waals surface area contributed by atoms with E-state index >= 15 is 0 Å². The molecule has 0 aliphatic heterocycles. The Bertz CT molecular complexity index is 623. The van der Waals surface area contributed by atoms with Crippen LogP contribution in [0.25, 0.3) is 0 Å². The lowest BCUT2D eigenvalue weighted by Crippen LogP contribution is -2.51. The highest BCUT2D eigenvalue weighted by Gasteiger charge is 2.59. The largest absolute Gasteiger partial charge is 0.497 e. The van der Waals surface area contributed by atoms with E-state index in [1.165, 1.54) is 11.1 Å². The van der Waals surface area contributed by atoms with Gasteiger partial charge in [-0.3, -0.25) is 4.79 Å². The number of aryl methyl sites for hydroxylation is 1. The lowest BCUT2D eigenvalue weighted by molar-refractivity contribution is -0.140. The summed E-state index contributed by atoms with van der Waals surface area (Å²) in [6.07, 6.45) is 4.02. The van der Waals surface area contributed by atoms with Crippen LogP contribution in [-0.4, -0.2) is 24.1 Å². The Kier molecular flexibility index (Phi) is 3.12. The predicted octanol–water partition coefficient (Wildman–Crippen LogP) is 3.09. The molecular weight excluding hydrogens is 276 g/mol. The molecule has 3 aliphatic rings. The molecule has 4 rings (SSSR count). The van der Waals surface area contributed by atoms with Crippen molar-refractivity contribution in [3.63, 3.8) is 0 Å². The van der Waals surface area contributed by atoms with Gasteiger partial charge in [0.15, 0.2) is 0 Å². The van der Waals surface area contributed by atoms with E-state index in [-0.39, 0.29) is 5.78 Å². The van der Waals surface area contributed by atoms with Crippen LogP contribution in [0.3, 0.4) is 0 Å². The lowest BCUT2D eigenvalue weighted by Gasteiger charge is -2.50. The highest BCUT2D eigenvalue weighted by molar-refractivity contribution is 5.88. The molecule has 2 fully saturated rings. The molecule has 118 valence electrons. The minimum atomic E-state index is -0.498. The molecular formula is C19H24O3. The van der Waals surface area contributed by atoms with Crippen LogP contribution in [0, 0.1) is 17.3 Å². The summed E-state index contributed by atoms with van der Waals surface area (Å²) in [4.78, 5) is 12.4. The number of rotatable bonds is 1. The Hall–Kier alpha value is -1.35. The lowest BCUT2D eigenvalue weighted by atomic mass is 9.54. The molecule has 0 aromatic heterocycles. The first-order valence-electron chi connectivity index (χ1n) is 8.44. The summed E-state index contributed by atoms with van der Waals surface area (Å²) >= 11 is 0. The summed E-state index contributed by atoms with van der Waals surface area (Å²) in [5, 5.41) is 10.7. The molecule has 3 aliphatic carbocycles.